The highest BCUT2D eigenvalue weighted by atomic mass is 32.2. The number of H-pyrrole nitrogens is 1. The first-order valence-corrected chi connectivity index (χ1v) is 45.0. The smallest absolute Gasteiger partial charge is 0.333 e. The largest absolute Gasteiger partial charge is 0.390 e. The van der Waals surface area contributed by atoms with Crippen LogP contribution in [0.1, 0.15) is 116 Å². The van der Waals surface area contributed by atoms with Crippen LogP contribution in [0.15, 0.2) is 147 Å². The van der Waals surface area contributed by atoms with Crippen molar-refractivity contribution in [1.82, 2.24) is 49.8 Å². The maximum atomic E-state index is 11.0. The summed E-state index contributed by atoms with van der Waals surface area (Å²) >= 11 is 0. The first kappa shape index (κ1) is 89.2. The molecule has 2 unspecified atom stereocenters. The van der Waals surface area contributed by atoms with Crippen LogP contribution in [0.5, 0.6) is 0 Å². The second kappa shape index (κ2) is 38.9. The maximum Gasteiger partial charge on any atom is 0.333 e. The van der Waals surface area contributed by atoms with Gasteiger partial charge in [-0.2, -0.15) is 38.7 Å². The van der Waals surface area contributed by atoms with Gasteiger partial charge >= 0.3 is 41.2 Å². The number of nitrogens with two attached hydrogens (primary N) is 4. The van der Waals surface area contributed by atoms with E-state index < -0.39 is 138 Å². The van der Waals surface area contributed by atoms with Gasteiger partial charge in [0.05, 0.1) is 93.1 Å². The Balaban J connectivity index is 0.000000139. The molecule has 5 aromatic heterocycles. The molecule has 45 heteroatoms. The number of rotatable bonds is 27. The number of hydrogen-bond acceptors (Lipinski definition) is 36. The van der Waals surface area contributed by atoms with Crippen LogP contribution in [0.2, 0.25) is 0 Å². The molecule has 0 saturated heterocycles. The van der Waals surface area contributed by atoms with Gasteiger partial charge in [0.2, 0.25) is 5.95 Å². The minimum absolute atomic E-state index is 0.111. The van der Waals surface area contributed by atoms with E-state index in [-0.39, 0.29) is 57.4 Å². The number of fused-ring (bicyclic) bond motifs is 4. The minimum atomic E-state index is -4.13. The predicted octanol–water partition coefficient (Wildman–Crippen LogP) is 1.67. The molecule has 4 fully saturated rings. The van der Waals surface area contributed by atoms with Gasteiger partial charge in [-0.1, -0.05) is 110 Å². The lowest BCUT2D eigenvalue weighted by Crippen LogP contribution is -2.36. The molecule has 41 nitrogen and oxygen atoms in total. The first-order valence-electron chi connectivity index (χ1n) is 39.1. The average Bonchev–Trinajstić information content (AvgIpc) is 1.66. The molecule has 121 heavy (non-hydrogen) atoms. The third-order valence-corrected chi connectivity index (χ3v) is 24.4. The standard InChI is InChI=1S/2C20H27N5O5S.C19H25N5O5S.C17H20N6O5S/c1-11-8-15(14-5-3-2-4-13(11)14)24-20-22-7-6-17(25-20)23-16-9-12(18(26)19(16)27)10-30-31(21,28)29;21-31(28,29)30-10-13-8-16(20(27)19(13)26)25-18-9-17(22-11-23-18)24-15-7-3-5-12-4-1-2-6-14(12)15;20-30(27,28)29-9-12-7-15(19(26)18(12)25)24-17-8-16(21-10-22-17)23-14-6-5-11-3-1-2-4-13(11)14;18-29(26,27)28-7-10-6-11(14(25)13(10)24)21-16-12-17(20-8-19-16)23-15(22-12)9-4-2-1-3-5-9/h2-7,11-12,15-16,18-19,26-27H,8-10H2,1H3,(H2,21,28,29)(H2,22,23,24,25);1-2,4,6,9,11,13,15-16,19-20,26-27H,3,5,7-8,10H2,(H2,21,28,29)(H2,22,23,24,25);1-4,8,10,12,14-15,18-19,25-26H,5-7,9H2,(H2,20,27,28)(H2,21,22,23,24);1-5,8,10-11,13-14,24-25H,6-7H2,(H2,18,26,27)(H2,19,20,21,22,23)/t11?,12-,15?,16-,18-,19+;13-,15+,16-,19-,20+;12-,14-,15+,18+,19-;10-,11-,13-,14+/m1101/s1. The Bertz CT molecular complexity index is 5490. The Kier molecular flexibility index (Phi) is 28.7. The number of hydrogen-bond donors (Lipinski definition) is 20. The van der Waals surface area contributed by atoms with Crippen molar-refractivity contribution >= 4 is 93.2 Å². The number of aromatic amines is 1. The Morgan fingerprint density at radius 2 is 0.802 bits per heavy atom. The van der Waals surface area contributed by atoms with Crippen molar-refractivity contribution in [2.75, 3.05) is 63.6 Å². The summed E-state index contributed by atoms with van der Waals surface area (Å²) in [5.41, 5.74) is 9.65. The molecule has 9 aromatic rings. The number of aliphatic hydroxyl groups is 8. The number of nitrogens with one attached hydrogen (secondary N) is 8. The molecular weight excluding hydrogens is 1660 g/mol. The Hall–Kier alpha value is -9.57. The molecule has 0 spiro atoms. The van der Waals surface area contributed by atoms with Crippen molar-refractivity contribution in [3.63, 3.8) is 0 Å². The van der Waals surface area contributed by atoms with Crippen LogP contribution in [0, 0.1) is 23.7 Å². The normalized spacial score (nSPS) is 27.9. The van der Waals surface area contributed by atoms with E-state index >= 15 is 0 Å². The molecule has 7 aliphatic rings. The maximum absolute atomic E-state index is 11.0. The van der Waals surface area contributed by atoms with Crippen LogP contribution in [0.3, 0.4) is 0 Å². The lowest BCUT2D eigenvalue weighted by molar-refractivity contribution is 0.00775. The third kappa shape index (κ3) is 23.6. The molecule has 5 heterocycles. The topological polar surface area (TPSA) is 655 Å². The van der Waals surface area contributed by atoms with Gasteiger partial charge in [0.1, 0.15) is 83.8 Å². The van der Waals surface area contributed by atoms with Crippen LogP contribution in [0.4, 0.5) is 40.9 Å². The van der Waals surface area contributed by atoms with Crippen LogP contribution in [-0.2, 0) is 70.8 Å². The van der Waals surface area contributed by atoms with Gasteiger partial charge < -0.3 is 83.1 Å². The molecule has 0 aliphatic heterocycles. The Morgan fingerprint density at radius 3 is 1.28 bits per heavy atom. The summed E-state index contributed by atoms with van der Waals surface area (Å²) in [5, 5.41) is 124. The molecule has 0 amide bonds. The van der Waals surface area contributed by atoms with Gasteiger partial charge in [0.15, 0.2) is 11.5 Å². The molecule has 16 rings (SSSR count). The molecule has 20 atom stereocenters. The highest BCUT2D eigenvalue weighted by molar-refractivity contribution is 7.85. The summed E-state index contributed by atoms with van der Waals surface area (Å²) in [7, 11) is -16.5. The summed E-state index contributed by atoms with van der Waals surface area (Å²) < 4.78 is 106. The fraction of sp³-hybridized carbons (Fsp3) is 0.461. The highest BCUT2D eigenvalue weighted by Gasteiger charge is 2.46. The predicted molar refractivity (Wildman–Crippen MR) is 442 cm³/mol. The summed E-state index contributed by atoms with van der Waals surface area (Å²) in [6.45, 7) is 0.976. The van der Waals surface area contributed by atoms with Gasteiger partial charge in [-0.3, -0.25) is 16.7 Å². The number of aryl methyl sites for hydroxylation is 2. The van der Waals surface area contributed by atoms with Crippen molar-refractivity contribution < 1.29 is 91.3 Å². The highest BCUT2D eigenvalue weighted by Crippen LogP contribution is 2.43. The first-order chi connectivity index (χ1) is 57.6. The fourth-order valence-corrected chi connectivity index (χ4v) is 18.0. The summed E-state index contributed by atoms with van der Waals surface area (Å²) in [4.78, 5) is 41.8. The lowest BCUT2D eigenvalue weighted by Gasteiger charge is -2.27. The number of benzene rings is 4. The van der Waals surface area contributed by atoms with Crippen LogP contribution < -0.4 is 57.8 Å². The van der Waals surface area contributed by atoms with Crippen molar-refractivity contribution in [3.8, 4) is 11.4 Å². The van der Waals surface area contributed by atoms with Gasteiger partial charge in [-0.25, -0.2) is 60.4 Å². The molecule has 24 N–H and O–H groups in total. The van der Waals surface area contributed by atoms with Gasteiger partial charge in [-0.05, 0) is 110 Å². The average molecular weight is 1760 g/mol. The van der Waals surface area contributed by atoms with Crippen molar-refractivity contribution in [3.05, 3.63) is 180 Å². The number of imidazole rings is 1. The van der Waals surface area contributed by atoms with E-state index in [9.17, 15) is 74.5 Å². The third-order valence-electron chi connectivity index (χ3n) is 22.6. The van der Waals surface area contributed by atoms with E-state index in [0.717, 1.165) is 44.1 Å². The zero-order valence-electron chi connectivity index (χ0n) is 65.2. The molecule has 4 aromatic carbocycles. The fourth-order valence-electron chi connectivity index (χ4n) is 16.6. The van der Waals surface area contributed by atoms with E-state index in [0.29, 0.717) is 76.6 Å². The SMILES string of the molecule is CC1CC(Nc2nccc(N[C@@H]3C[C@H](COS(N)(=O)=O)[C@@H](O)[C@H]3O)n2)c2ccccc21.NS(=O)(=O)OC[C@@H]1C[C@@H](Nc2cc(N[C@H]3CCc4ccccc43)ncn2)[C@H](O)[C@@H]1O.NS(=O)(=O)OC[C@H]1C[C@@H](Nc2cc(N[C@H]3CCCc4ccccc43)ncn2)[C@H](O)[C@@H]1O.NS(=O)(=O)OC[C@H]1C[C@@H](Nc2ncnc3nc(-c4ccccc4)[nH]c23)[C@H](O)[C@@H]1O. The monoisotopic (exact) mass is 1750 g/mol. The van der Waals surface area contributed by atoms with Crippen molar-refractivity contribution in [2.45, 2.75) is 168 Å². The van der Waals surface area contributed by atoms with E-state index in [1.807, 2.05) is 60.7 Å². The molecule has 4 saturated carbocycles. The van der Waals surface area contributed by atoms with E-state index in [1.54, 1.807) is 24.4 Å². The molecule has 0 bridgehead atoms. The Labute approximate surface area is 697 Å². The van der Waals surface area contributed by atoms with Crippen LogP contribution in [-0.4, -0.2) is 224 Å². The van der Waals surface area contributed by atoms with Crippen LogP contribution in [0.25, 0.3) is 22.6 Å². The summed E-state index contributed by atoms with van der Waals surface area (Å²) in [5.74, 6) is 2.36. The molecule has 652 valence electrons. The number of anilines is 7. The van der Waals surface area contributed by atoms with E-state index in [2.05, 4.69) is 153 Å². The van der Waals surface area contributed by atoms with Crippen LogP contribution >= 0.6 is 0 Å². The number of aliphatic hydroxyl groups excluding tert-OH is 8. The summed E-state index contributed by atoms with van der Waals surface area (Å²) in [6, 6.07) is 38.0. The van der Waals surface area contributed by atoms with E-state index in [4.69, 9.17) is 20.6 Å². The molecular formula is C76H99N21O20S4. The molecule has 7 aliphatic carbocycles. The second-order valence-corrected chi connectivity index (χ2v) is 35.8. The van der Waals surface area contributed by atoms with Gasteiger partial charge in [0, 0.05) is 47.6 Å². The minimum Gasteiger partial charge on any atom is -0.390 e. The number of nitrogens with zero attached hydrogens (tertiary/aromatic N) is 9. The van der Waals surface area contributed by atoms with E-state index in [1.165, 1.54) is 52.4 Å². The van der Waals surface area contributed by atoms with Crippen molar-refractivity contribution in [2.24, 2.45) is 44.2 Å². The van der Waals surface area contributed by atoms with Crippen molar-refractivity contribution in [1.29, 1.82) is 0 Å². The zero-order valence-corrected chi connectivity index (χ0v) is 68.5. The quantitative estimate of drug-likeness (QED) is 0.0348. The number of aromatic nitrogens is 10. The summed E-state index contributed by atoms with van der Waals surface area (Å²) in [6.07, 6.45) is 3.98. The Morgan fingerprint density at radius 1 is 0.397 bits per heavy atom. The second-order valence-electron chi connectivity index (χ2n) is 30.9. The lowest BCUT2D eigenvalue weighted by atomic mass is 9.88. The van der Waals surface area contributed by atoms with Gasteiger partial charge in [0.25, 0.3) is 0 Å². The van der Waals surface area contributed by atoms with Gasteiger partial charge in [-0.15, -0.1) is 0 Å². The zero-order chi connectivity index (χ0) is 86.1. The molecule has 0 radical (unpaired) electrons.